The molecule has 5 nitrogen and oxygen atoms in total. The Morgan fingerprint density at radius 1 is 1.11 bits per heavy atom. The van der Waals surface area contributed by atoms with Crippen molar-refractivity contribution < 1.29 is 9.59 Å². The maximum absolute atomic E-state index is 12.9. The molecule has 2 aliphatic heterocycles. The van der Waals surface area contributed by atoms with E-state index in [1.165, 1.54) is 18.4 Å². The lowest BCUT2D eigenvalue weighted by atomic mass is 10.0. The van der Waals surface area contributed by atoms with Gasteiger partial charge < -0.3 is 15.1 Å². The van der Waals surface area contributed by atoms with Gasteiger partial charge in [-0.25, -0.2) is 0 Å². The molecule has 1 saturated carbocycles. The Morgan fingerprint density at radius 3 is 2.43 bits per heavy atom. The molecule has 4 rings (SSSR count). The third-order valence-electron chi connectivity index (χ3n) is 6.26. The van der Waals surface area contributed by atoms with Crippen LogP contribution in [0.3, 0.4) is 0 Å². The molecule has 3 aliphatic rings. The van der Waals surface area contributed by atoms with E-state index in [0.29, 0.717) is 25.6 Å². The quantitative estimate of drug-likeness (QED) is 0.791. The number of halogens is 1. The molecule has 1 N–H and O–H groups in total. The number of rotatable bonds is 6. The molecule has 154 valence electrons. The molecule has 1 aliphatic carbocycles. The van der Waals surface area contributed by atoms with Crippen molar-refractivity contribution in [3.63, 3.8) is 0 Å². The highest BCUT2D eigenvalue weighted by atomic mass is 35.5. The van der Waals surface area contributed by atoms with Crippen molar-refractivity contribution in [2.45, 2.75) is 51.6 Å². The second-order valence-electron chi connectivity index (χ2n) is 8.61. The Morgan fingerprint density at radius 2 is 1.79 bits per heavy atom. The van der Waals surface area contributed by atoms with Crippen LogP contribution in [-0.4, -0.2) is 53.8 Å². The molecule has 0 aromatic heterocycles. The Hall–Kier alpha value is -1.59. The summed E-state index contributed by atoms with van der Waals surface area (Å²) in [6.07, 6.45) is 5.18. The molecule has 2 heterocycles. The van der Waals surface area contributed by atoms with Crippen LogP contribution >= 0.6 is 12.4 Å². The van der Waals surface area contributed by atoms with Crippen molar-refractivity contribution in [3.8, 4) is 0 Å². The van der Waals surface area contributed by atoms with Gasteiger partial charge in [-0.05, 0) is 50.6 Å². The van der Waals surface area contributed by atoms with Crippen molar-refractivity contribution in [3.05, 3.63) is 35.4 Å². The molecule has 3 fully saturated rings. The van der Waals surface area contributed by atoms with Crippen LogP contribution in [-0.2, 0) is 16.1 Å². The zero-order valence-electron chi connectivity index (χ0n) is 16.7. The lowest BCUT2D eigenvalue weighted by Gasteiger charge is -2.34. The SMILES string of the molecule is Cc1ccc(CN2CC(C(=O)N3CCC(NCC4CC4)CC3)CC2=O)cc1.Cl. The molecule has 28 heavy (non-hydrogen) atoms. The average Bonchev–Trinajstić information content (AvgIpc) is 3.44. The first-order chi connectivity index (χ1) is 13.1. The highest BCUT2D eigenvalue weighted by Crippen LogP contribution is 2.28. The van der Waals surface area contributed by atoms with E-state index < -0.39 is 0 Å². The zero-order chi connectivity index (χ0) is 18.8. The summed E-state index contributed by atoms with van der Waals surface area (Å²) in [4.78, 5) is 29.1. The van der Waals surface area contributed by atoms with Gasteiger partial charge in [0.15, 0.2) is 0 Å². The molecule has 0 radical (unpaired) electrons. The van der Waals surface area contributed by atoms with Gasteiger partial charge >= 0.3 is 0 Å². The zero-order valence-corrected chi connectivity index (χ0v) is 17.5. The lowest BCUT2D eigenvalue weighted by Crippen LogP contribution is -2.47. The fourth-order valence-electron chi connectivity index (χ4n) is 4.22. The topological polar surface area (TPSA) is 52.7 Å². The predicted molar refractivity (Wildman–Crippen MR) is 112 cm³/mol. The van der Waals surface area contributed by atoms with Gasteiger partial charge in [-0.3, -0.25) is 9.59 Å². The first kappa shape index (κ1) is 21.1. The summed E-state index contributed by atoms with van der Waals surface area (Å²) < 4.78 is 0. The first-order valence-electron chi connectivity index (χ1n) is 10.4. The number of carbonyl (C=O) groups excluding carboxylic acids is 2. The number of aryl methyl sites for hydroxylation is 1. The number of amides is 2. The molecule has 1 aromatic carbocycles. The van der Waals surface area contributed by atoms with Crippen LogP contribution in [0.25, 0.3) is 0 Å². The third kappa shape index (κ3) is 5.26. The summed E-state index contributed by atoms with van der Waals surface area (Å²) in [5.74, 6) is 1.01. The van der Waals surface area contributed by atoms with Crippen LogP contribution < -0.4 is 5.32 Å². The second kappa shape index (κ2) is 9.27. The minimum Gasteiger partial charge on any atom is -0.342 e. The Labute approximate surface area is 174 Å². The summed E-state index contributed by atoms with van der Waals surface area (Å²) >= 11 is 0. The summed E-state index contributed by atoms with van der Waals surface area (Å²) in [7, 11) is 0. The van der Waals surface area contributed by atoms with Crippen molar-refractivity contribution >= 4 is 24.2 Å². The summed E-state index contributed by atoms with van der Waals surface area (Å²) in [6.45, 7) is 6.02. The van der Waals surface area contributed by atoms with Crippen LogP contribution in [0, 0.1) is 18.8 Å². The first-order valence-corrected chi connectivity index (χ1v) is 10.4. The molecular weight excluding hydrogens is 374 g/mol. The van der Waals surface area contributed by atoms with Crippen molar-refractivity contribution in [2.24, 2.45) is 11.8 Å². The van der Waals surface area contributed by atoms with E-state index >= 15 is 0 Å². The van der Waals surface area contributed by atoms with Crippen LogP contribution in [0.15, 0.2) is 24.3 Å². The van der Waals surface area contributed by atoms with Crippen LogP contribution in [0.4, 0.5) is 0 Å². The van der Waals surface area contributed by atoms with E-state index in [1.54, 1.807) is 0 Å². The Bertz CT molecular complexity index is 682. The smallest absolute Gasteiger partial charge is 0.227 e. The van der Waals surface area contributed by atoms with Gasteiger partial charge in [0, 0.05) is 38.6 Å². The largest absolute Gasteiger partial charge is 0.342 e. The maximum atomic E-state index is 12.9. The molecule has 6 heteroatoms. The number of benzene rings is 1. The van der Waals surface area contributed by atoms with E-state index in [4.69, 9.17) is 0 Å². The van der Waals surface area contributed by atoms with E-state index in [2.05, 4.69) is 36.5 Å². The summed E-state index contributed by atoms with van der Waals surface area (Å²) in [6, 6.07) is 8.83. The fraction of sp³-hybridized carbons (Fsp3) is 0.636. The summed E-state index contributed by atoms with van der Waals surface area (Å²) in [5, 5.41) is 3.66. The average molecular weight is 406 g/mol. The molecular formula is C22H32ClN3O2. The van der Waals surface area contributed by atoms with Gasteiger partial charge in [0.1, 0.15) is 0 Å². The van der Waals surface area contributed by atoms with Crippen molar-refractivity contribution in [1.82, 2.24) is 15.1 Å². The fourth-order valence-corrected chi connectivity index (χ4v) is 4.22. The third-order valence-corrected chi connectivity index (χ3v) is 6.26. The minimum absolute atomic E-state index is 0. The van der Waals surface area contributed by atoms with Gasteiger partial charge in [-0.15, -0.1) is 12.4 Å². The number of piperidine rings is 1. The number of carbonyl (C=O) groups is 2. The van der Waals surface area contributed by atoms with Gasteiger partial charge in [0.25, 0.3) is 0 Å². The van der Waals surface area contributed by atoms with Crippen LogP contribution in [0.1, 0.15) is 43.2 Å². The highest BCUT2D eigenvalue weighted by molar-refractivity contribution is 5.89. The number of nitrogens with one attached hydrogen (secondary N) is 1. The predicted octanol–water partition coefficient (Wildman–Crippen LogP) is 2.76. The molecule has 1 unspecified atom stereocenters. The van der Waals surface area contributed by atoms with Gasteiger partial charge in [-0.2, -0.15) is 0 Å². The number of hydrogen-bond donors (Lipinski definition) is 1. The lowest BCUT2D eigenvalue weighted by molar-refractivity contribution is -0.136. The molecule has 0 bridgehead atoms. The monoisotopic (exact) mass is 405 g/mol. The minimum atomic E-state index is -0.168. The number of hydrogen-bond acceptors (Lipinski definition) is 3. The number of likely N-dealkylation sites (tertiary alicyclic amines) is 2. The van der Waals surface area contributed by atoms with Gasteiger partial charge in [0.2, 0.25) is 11.8 Å². The number of nitrogens with zero attached hydrogens (tertiary/aromatic N) is 2. The summed E-state index contributed by atoms with van der Waals surface area (Å²) in [5.41, 5.74) is 2.35. The normalized spacial score (nSPS) is 23.0. The maximum Gasteiger partial charge on any atom is 0.227 e. The van der Waals surface area contributed by atoms with Gasteiger partial charge in [-0.1, -0.05) is 29.8 Å². The van der Waals surface area contributed by atoms with Crippen LogP contribution in [0.2, 0.25) is 0 Å². The Kier molecular flexibility index (Phi) is 7.00. The molecule has 2 amide bonds. The van der Waals surface area contributed by atoms with E-state index in [-0.39, 0.29) is 30.1 Å². The van der Waals surface area contributed by atoms with Gasteiger partial charge in [0.05, 0.1) is 5.92 Å². The molecule has 1 atom stereocenters. The van der Waals surface area contributed by atoms with E-state index in [0.717, 1.165) is 44.0 Å². The van der Waals surface area contributed by atoms with E-state index in [9.17, 15) is 9.59 Å². The second-order valence-corrected chi connectivity index (χ2v) is 8.61. The Balaban J connectivity index is 0.00000225. The van der Waals surface area contributed by atoms with Crippen LogP contribution in [0.5, 0.6) is 0 Å². The standard InChI is InChI=1S/C22H31N3O2.ClH/c1-16-2-4-18(5-3-16)14-25-15-19(12-21(25)26)22(27)24-10-8-20(9-11-24)23-13-17-6-7-17;/h2-5,17,19-20,23H,6-15H2,1H3;1H. The molecule has 2 saturated heterocycles. The highest BCUT2D eigenvalue weighted by Gasteiger charge is 2.37. The van der Waals surface area contributed by atoms with E-state index in [1.807, 2.05) is 9.80 Å². The molecule has 1 aromatic rings. The van der Waals surface area contributed by atoms with Crippen molar-refractivity contribution in [2.75, 3.05) is 26.2 Å². The van der Waals surface area contributed by atoms with Crippen molar-refractivity contribution in [1.29, 1.82) is 0 Å². The molecule has 0 spiro atoms.